The van der Waals surface area contributed by atoms with Gasteiger partial charge in [0.25, 0.3) is 0 Å². The molecule has 2 nitrogen and oxygen atoms in total. The minimum absolute atomic E-state index is 0.0290. The van der Waals surface area contributed by atoms with E-state index in [9.17, 15) is 31.4 Å². The molecule has 27 heavy (non-hydrogen) atoms. The Morgan fingerprint density at radius 2 is 1.30 bits per heavy atom. The van der Waals surface area contributed by atoms with Gasteiger partial charge in [0, 0.05) is 0 Å². The molecular weight excluding hydrogens is 392 g/mol. The molecule has 0 atom stereocenters. The first-order chi connectivity index (χ1) is 12.5. The first kappa shape index (κ1) is 19.1. The molecule has 2 aromatic carbocycles. The molecule has 0 amide bonds. The van der Waals surface area contributed by atoms with Crippen LogP contribution in [0.15, 0.2) is 48.5 Å². The lowest BCUT2D eigenvalue weighted by molar-refractivity contribution is -0.143. The minimum atomic E-state index is -4.99. The quantitative estimate of drug-likeness (QED) is 0.486. The van der Waals surface area contributed by atoms with Gasteiger partial charge < -0.3 is 10.8 Å². The van der Waals surface area contributed by atoms with E-state index in [2.05, 4.69) is 0 Å². The number of nitrogen functional groups attached to an aromatic ring is 1. The Morgan fingerprint density at radius 1 is 0.778 bits per heavy atom. The molecule has 0 aliphatic rings. The maximum Gasteiger partial charge on any atom is 0.416 e. The third kappa shape index (κ3) is 3.73. The molecule has 0 radical (unpaired) electrons. The van der Waals surface area contributed by atoms with E-state index in [1.807, 2.05) is 0 Å². The van der Waals surface area contributed by atoms with Gasteiger partial charge in [-0.2, -0.15) is 26.3 Å². The molecule has 142 valence electrons. The van der Waals surface area contributed by atoms with Gasteiger partial charge in [0.15, 0.2) is 0 Å². The maximum atomic E-state index is 13.1. The Labute approximate surface area is 153 Å². The molecule has 0 aliphatic carbocycles. The Hall–Kier alpha value is -2.68. The zero-order valence-electron chi connectivity index (χ0n) is 13.3. The first-order valence-electron chi connectivity index (χ1n) is 7.45. The van der Waals surface area contributed by atoms with Crippen LogP contribution in [0.25, 0.3) is 21.6 Å². The second kappa shape index (κ2) is 6.49. The summed E-state index contributed by atoms with van der Waals surface area (Å²) in [5.74, 6) is -0.462. The zero-order chi connectivity index (χ0) is 20.0. The number of anilines is 1. The van der Waals surface area contributed by atoms with Crippen molar-refractivity contribution < 1.29 is 31.4 Å². The van der Waals surface area contributed by atoms with E-state index in [4.69, 9.17) is 5.73 Å². The van der Waals surface area contributed by atoms with Gasteiger partial charge in [-0.15, -0.1) is 11.3 Å². The lowest BCUT2D eigenvalue weighted by Crippen LogP contribution is -2.11. The van der Waals surface area contributed by atoms with E-state index in [1.165, 1.54) is 0 Å². The van der Waals surface area contributed by atoms with Crippen molar-refractivity contribution in [3.8, 4) is 27.3 Å². The van der Waals surface area contributed by atoms with Crippen molar-refractivity contribution in [3.05, 3.63) is 59.7 Å². The predicted octanol–water partition coefficient (Wildman–Crippen LogP) is 6.41. The fraction of sp³-hybridized carbons (Fsp3) is 0.111. The summed E-state index contributed by atoms with van der Waals surface area (Å²) in [6.45, 7) is 0. The summed E-state index contributed by atoms with van der Waals surface area (Å²) in [4.78, 5) is 0.258. The van der Waals surface area contributed by atoms with Gasteiger partial charge >= 0.3 is 12.4 Å². The second-order valence-electron chi connectivity index (χ2n) is 5.68. The Morgan fingerprint density at radius 3 is 1.78 bits per heavy atom. The number of benzene rings is 2. The number of aromatic hydroxyl groups is 1. The van der Waals surface area contributed by atoms with Crippen molar-refractivity contribution in [2.75, 3.05) is 5.73 Å². The summed E-state index contributed by atoms with van der Waals surface area (Å²) in [6, 6.07) is 9.48. The van der Waals surface area contributed by atoms with E-state index >= 15 is 0 Å². The van der Waals surface area contributed by atoms with Gasteiger partial charge in [0.2, 0.25) is 0 Å². The summed E-state index contributed by atoms with van der Waals surface area (Å²) in [6.07, 6.45) is -9.97. The fourth-order valence-electron chi connectivity index (χ4n) is 2.60. The highest BCUT2D eigenvalue weighted by molar-refractivity contribution is 7.20. The normalized spacial score (nSPS) is 12.4. The molecule has 0 spiro atoms. The summed E-state index contributed by atoms with van der Waals surface area (Å²) in [5.41, 5.74) is 2.71. The van der Waals surface area contributed by atoms with Crippen LogP contribution >= 0.6 is 11.3 Å². The molecule has 0 saturated carbocycles. The van der Waals surface area contributed by atoms with Crippen LogP contribution in [0.2, 0.25) is 0 Å². The molecule has 1 heterocycles. The topological polar surface area (TPSA) is 46.2 Å². The van der Waals surface area contributed by atoms with Crippen LogP contribution < -0.4 is 5.73 Å². The molecule has 9 heteroatoms. The molecule has 0 aliphatic heterocycles. The standard InChI is InChI=1S/C18H11F6NOS/c19-17(20,21)11-6-10(7-12(8-11)18(22,23)24)13-14(26)15(27-16(13)25)9-4-2-1-3-5-9/h1-8,26H,25H2. The summed E-state index contributed by atoms with van der Waals surface area (Å²) >= 11 is 0.881. The lowest BCUT2D eigenvalue weighted by atomic mass is 9.99. The van der Waals surface area contributed by atoms with Gasteiger partial charge in [-0.1, -0.05) is 30.3 Å². The van der Waals surface area contributed by atoms with Crippen LogP contribution in [0.3, 0.4) is 0 Å². The van der Waals surface area contributed by atoms with Crippen molar-refractivity contribution in [3.63, 3.8) is 0 Å². The molecule has 0 saturated heterocycles. The van der Waals surface area contributed by atoms with E-state index in [0.717, 1.165) is 11.3 Å². The lowest BCUT2D eigenvalue weighted by Gasteiger charge is -2.14. The maximum absolute atomic E-state index is 13.1. The van der Waals surface area contributed by atoms with Crippen LogP contribution in [-0.2, 0) is 12.4 Å². The van der Waals surface area contributed by atoms with Crippen LogP contribution in [0, 0.1) is 0 Å². The largest absolute Gasteiger partial charge is 0.506 e. The minimum Gasteiger partial charge on any atom is -0.506 e. The molecule has 3 N–H and O–H groups in total. The molecule has 0 bridgehead atoms. The number of halogens is 6. The van der Waals surface area contributed by atoms with Crippen molar-refractivity contribution in [2.24, 2.45) is 0 Å². The van der Waals surface area contributed by atoms with E-state index < -0.39 is 34.8 Å². The Bertz CT molecular complexity index is 944. The van der Waals surface area contributed by atoms with Gasteiger partial charge in [-0.3, -0.25) is 0 Å². The fourth-order valence-corrected chi connectivity index (χ4v) is 3.59. The van der Waals surface area contributed by atoms with Crippen molar-refractivity contribution >= 4 is 16.3 Å². The highest BCUT2D eigenvalue weighted by Gasteiger charge is 2.37. The second-order valence-corrected chi connectivity index (χ2v) is 6.73. The highest BCUT2D eigenvalue weighted by Crippen LogP contribution is 2.50. The first-order valence-corrected chi connectivity index (χ1v) is 8.26. The molecular formula is C18H11F6NOS. The molecule has 3 rings (SSSR count). The van der Waals surface area contributed by atoms with Crippen molar-refractivity contribution in [1.29, 1.82) is 0 Å². The third-order valence-corrected chi connectivity index (χ3v) is 4.88. The van der Waals surface area contributed by atoms with Crippen LogP contribution in [0.5, 0.6) is 5.75 Å². The SMILES string of the molecule is Nc1sc(-c2ccccc2)c(O)c1-c1cc(C(F)(F)F)cc(C(F)(F)F)c1. The highest BCUT2D eigenvalue weighted by atomic mass is 32.1. The monoisotopic (exact) mass is 403 g/mol. The zero-order valence-corrected chi connectivity index (χ0v) is 14.1. The molecule has 1 aromatic heterocycles. The average molecular weight is 403 g/mol. The summed E-state index contributed by atoms with van der Waals surface area (Å²) < 4.78 is 78.4. The molecule has 0 unspecified atom stereocenters. The van der Waals surface area contributed by atoms with Crippen molar-refractivity contribution in [2.45, 2.75) is 12.4 Å². The van der Waals surface area contributed by atoms with Gasteiger partial charge in [-0.25, -0.2) is 0 Å². The van der Waals surface area contributed by atoms with E-state index in [0.29, 0.717) is 17.7 Å². The van der Waals surface area contributed by atoms with Gasteiger partial charge in [-0.05, 0) is 29.3 Å². The number of thiophene rings is 1. The van der Waals surface area contributed by atoms with Gasteiger partial charge in [0.05, 0.1) is 26.6 Å². The Balaban J connectivity index is 2.24. The number of nitrogens with two attached hydrogens (primary N) is 1. The smallest absolute Gasteiger partial charge is 0.416 e. The number of rotatable bonds is 2. The third-order valence-electron chi connectivity index (χ3n) is 3.82. The van der Waals surface area contributed by atoms with Crippen LogP contribution in [0.1, 0.15) is 11.1 Å². The van der Waals surface area contributed by atoms with Crippen LogP contribution in [-0.4, -0.2) is 5.11 Å². The number of hydrogen-bond acceptors (Lipinski definition) is 3. The van der Waals surface area contributed by atoms with Crippen LogP contribution in [0.4, 0.5) is 31.3 Å². The predicted molar refractivity (Wildman–Crippen MR) is 91.3 cm³/mol. The van der Waals surface area contributed by atoms with E-state index in [-0.39, 0.29) is 21.5 Å². The molecule has 0 fully saturated rings. The number of alkyl halides is 6. The van der Waals surface area contributed by atoms with E-state index in [1.54, 1.807) is 30.3 Å². The summed E-state index contributed by atoms with van der Waals surface area (Å²) in [7, 11) is 0. The summed E-state index contributed by atoms with van der Waals surface area (Å²) in [5, 5.41) is 10.4. The number of hydrogen-bond donors (Lipinski definition) is 2. The average Bonchev–Trinajstić information content (AvgIpc) is 2.88. The van der Waals surface area contributed by atoms with Crippen molar-refractivity contribution in [1.82, 2.24) is 0 Å². The molecule has 3 aromatic rings. The Kier molecular flexibility index (Phi) is 4.59. The van der Waals surface area contributed by atoms with Gasteiger partial charge in [0.1, 0.15) is 5.75 Å².